The van der Waals surface area contributed by atoms with E-state index in [4.69, 9.17) is 9.15 Å². The van der Waals surface area contributed by atoms with Crippen molar-refractivity contribution in [1.29, 1.82) is 0 Å². The first-order valence-corrected chi connectivity index (χ1v) is 10.3. The van der Waals surface area contributed by atoms with E-state index >= 15 is 0 Å². The Morgan fingerprint density at radius 2 is 1.74 bits per heavy atom. The van der Waals surface area contributed by atoms with Crippen molar-refractivity contribution in [3.05, 3.63) is 89.9 Å². The molecule has 1 atom stereocenters. The summed E-state index contributed by atoms with van der Waals surface area (Å²) in [7, 11) is 0. The SMILES string of the molecule is O=C(CCCNC(=O)c1ccco1)OC(C(=O)Nc1cccc(C(F)(F)F)c1)c1ccccc1. The lowest BCUT2D eigenvalue weighted by Gasteiger charge is -2.18. The van der Waals surface area contributed by atoms with Gasteiger partial charge in [-0.25, -0.2) is 0 Å². The number of carbonyl (C=O) groups is 3. The van der Waals surface area contributed by atoms with Gasteiger partial charge in [-0.2, -0.15) is 13.2 Å². The van der Waals surface area contributed by atoms with Crippen molar-refractivity contribution in [2.75, 3.05) is 11.9 Å². The van der Waals surface area contributed by atoms with E-state index in [-0.39, 0.29) is 30.8 Å². The van der Waals surface area contributed by atoms with Gasteiger partial charge in [-0.15, -0.1) is 0 Å². The summed E-state index contributed by atoms with van der Waals surface area (Å²) in [6.45, 7) is 0.168. The molecular formula is C24H21F3N2O5. The number of rotatable bonds is 9. The van der Waals surface area contributed by atoms with Gasteiger partial charge in [-0.05, 0) is 36.8 Å². The van der Waals surface area contributed by atoms with Gasteiger partial charge in [0.1, 0.15) is 0 Å². The molecule has 3 rings (SSSR count). The Morgan fingerprint density at radius 1 is 0.971 bits per heavy atom. The average Bonchev–Trinajstić information content (AvgIpc) is 3.35. The normalized spacial score (nSPS) is 12.0. The molecule has 178 valence electrons. The van der Waals surface area contributed by atoms with Gasteiger partial charge in [0.2, 0.25) is 6.10 Å². The molecule has 0 bridgehead atoms. The lowest BCUT2D eigenvalue weighted by molar-refractivity contribution is -0.154. The van der Waals surface area contributed by atoms with E-state index in [0.29, 0.717) is 5.56 Å². The van der Waals surface area contributed by atoms with Crippen LogP contribution in [0.5, 0.6) is 0 Å². The topological polar surface area (TPSA) is 97.6 Å². The second-order valence-corrected chi connectivity index (χ2v) is 7.19. The van der Waals surface area contributed by atoms with Gasteiger partial charge in [0.05, 0.1) is 11.8 Å². The van der Waals surface area contributed by atoms with Crippen molar-refractivity contribution in [2.45, 2.75) is 25.1 Å². The Hall–Kier alpha value is -4.08. The summed E-state index contributed by atoms with van der Waals surface area (Å²) in [6.07, 6.45) is -4.44. The molecule has 1 unspecified atom stereocenters. The van der Waals surface area contributed by atoms with Crippen LogP contribution in [0.4, 0.5) is 18.9 Å². The fourth-order valence-corrected chi connectivity index (χ4v) is 3.00. The second-order valence-electron chi connectivity index (χ2n) is 7.19. The maximum Gasteiger partial charge on any atom is 0.416 e. The third-order valence-electron chi connectivity index (χ3n) is 4.64. The molecule has 0 radical (unpaired) electrons. The minimum absolute atomic E-state index is 0.0857. The van der Waals surface area contributed by atoms with Gasteiger partial charge in [0.25, 0.3) is 11.8 Å². The van der Waals surface area contributed by atoms with Crippen LogP contribution in [0.25, 0.3) is 0 Å². The van der Waals surface area contributed by atoms with Crippen molar-refractivity contribution in [1.82, 2.24) is 5.32 Å². The zero-order chi connectivity index (χ0) is 24.6. The van der Waals surface area contributed by atoms with Gasteiger partial charge in [-0.3, -0.25) is 14.4 Å². The van der Waals surface area contributed by atoms with Crippen LogP contribution in [-0.4, -0.2) is 24.3 Å². The minimum Gasteiger partial charge on any atom is -0.459 e. The number of carbonyl (C=O) groups excluding carboxylic acids is 3. The predicted molar refractivity (Wildman–Crippen MR) is 116 cm³/mol. The minimum atomic E-state index is -4.57. The van der Waals surface area contributed by atoms with Crippen LogP contribution in [0.3, 0.4) is 0 Å². The highest BCUT2D eigenvalue weighted by Gasteiger charge is 2.31. The molecule has 2 amide bonds. The Balaban J connectivity index is 1.60. The Morgan fingerprint density at radius 3 is 2.41 bits per heavy atom. The fourth-order valence-electron chi connectivity index (χ4n) is 3.00. The number of benzene rings is 2. The molecule has 2 N–H and O–H groups in total. The monoisotopic (exact) mass is 474 g/mol. The van der Waals surface area contributed by atoms with Gasteiger partial charge >= 0.3 is 12.1 Å². The summed E-state index contributed by atoms with van der Waals surface area (Å²) in [5.74, 6) is -1.80. The van der Waals surface area contributed by atoms with E-state index in [1.807, 2.05) is 0 Å². The van der Waals surface area contributed by atoms with E-state index in [1.165, 1.54) is 24.5 Å². The molecule has 0 saturated heterocycles. The van der Waals surface area contributed by atoms with E-state index in [1.54, 1.807) is 36.4 Å². The molecule has 2 aromatic carbocycles. The van der Waals surface area contributed by atoms with Gasteiger partial charge in [-0.1, -0.05) is 36.4 Å². The fraction of sp³-hybridized carbons (Fsp3) is 0.208. The van der Waals surface area contributed by atoms with E-state index in [2.05, 4.69) is 10.6 Å². The standard InChI is InChI=1S/C24H21F3N2O5/c25-24(26,27)17-9-4-10-18(15-17)29-23(32)21(16-7-2-1-3-8-16)34-20(30)12-5-13-28-22(31)19-11-6-14-33-19/h1-4,6-11,14-15,21H,5,12-13H2,(H,28,31)(H,29,32). The molecule has 0 aliphatic heterocycles. The third kappa shape index (κ3) is 6.96. The van der Waals surface area contributed by atoms with Crippen LogP contribution < -0.4 is 10.6 Å². The smallest absolute Gasteiger partial charge is 0.416 e. The summed E-state index contributed by atoms with van der Waals surface area (Å²) in [5, 5.41) is 4.96. The third-order valence-corrected chi connectivity index (χ3v) is 4.64. The molecule has 0 aliphatic carbocycles. The maximum atomic E-state index is 13.0. The first-order valence-electron chi connectivity index (χ1n) is 10.3. The van der Waals surface area contributed by atoms with E-state index < -0.39 is 35.6 Å². The molecule has 3 aromatic rings. The lowest BCUT2D eigenvalue weighted by Crippen LogP contribution is -2.27. The molecule has 34 heavy (non-hydrogen) atoms. The number of alkyl halides is 3. The quantitative estimate of drug-likeness (QED) is 0.345. The first kappa shape index (κ1) is 24.6. The number of anilines is 1. The number of ether oxygens (including phenoxy) is 1. The number of furan rings is 1. The molecule has 1 aromatic heterocycles. The zero-order valence-corrected chi connectivity index (χ0v) is 17.8. The first-order chi connectivity index (χ1) is 16.2. The molecule has 7 nitrogen and oxygen atoms in total. The molecular weight excluding hydrogens is 453 g/mol. The number of hydrogen-bond donors (Lipinski definition) is 2. The summed E-state index contributed by atoms with van der Waals surface area (Å²) < 4.78 is 49.2. The van der Waals surface area contributed by atoms with Crippen molar-refractivity contribution >= 4 is 23.5 Å². The number of halogens is 3. The lowest BCUT2D eigenvalue weighted by atomic mass is 10.1. The largest absolute Gasteiger partial charge is 0.459 e. The predicted octanol–water partition coefficient (Wildman–Crippen LogP) is 4.73. The van der Waals surface area contributed by atoms with Crippen LogP contribution in [0.2, 0.25) is 0 Å². The molecule has 0 aliphatic rings. The van der Waals surface area contributed by atoms with Gasteiger partial charge < -0.3 is 19.8 Å². The van der Waals surface area contributed by atoms with Crippen LogP contribution in [0, 0.1) is 0 Å². The van der Waals surface area contributed by atoms with Crippen molar-refractivity contribution < 1.29 is 36.7 Å². The molecule has 1 heterocycles. The van der Waals surface area contributed by atoms with Crippen molar-refractivity contribution in [3.63, 3.8) is 0 Å². The summed E-state index contributed by atoms with van der Waals surface area (Å²) >= 11 is 0. The van der Waals surface area contributed by atoms with E-state index in [0.717, 1.165) is 12.1 Å². The maximum absolute atomic E-state index is 13.0. The summed E-state index contributed by atoms with van der Waals surface area (Å²) in [6, 6.07) is 15.3. The van der Waals surface area contributed by atoms with E-state index in [9.17, 15) is 27.6 Å². The van der Waals surface area contributed by atoms with Crippen LogP contribution in [-0.2, 0) is 20.5 Å². The highest BCUT2D eigenvalue weighted by Crippen LogP contribution is 2.31. The van der Waals surface area contributed by atoms with Gasteiger partial charge in [0, 0.05) is 24.2 Å². The summed E-state index contributed by atoms with van der Waals surface area (Å²) in [4.78, 5) is 37.0. The number of esters is 1. The molecule has 0 spiro atoms. The number of nitrogens with one attached hydrogen (secondary N) is 2. The Bertz CT molecular complexity index is 1120. The van der Waals surface area contributed by atoms with Crippen molar-refractivity contribution in [3.8, 4) is 0 Å². The highest BCUT2D eigenvalue weighted by atomic mass is 19.4. The van der Waals surface area contributed by atoms with Crippen LogP contribution in [0.1, 0.15) is 40.6 Å². The Kier molecular flexibility index (Phi) is 8.07. The highest BCUT2D eigenvalue weighted by molar-refractivity contribution is 5.96. The molecule has 10 heteroatoms. The zero-order valence-electron chi connectivity index (χ0n) is 17.8. The number of hydrogen-bond acceptors (Lipinski definition) is 5. The molecule has 0 fully saturated rings. The molecule has 0 saturated carbocycles. The second kappa shape index (κ2) is 11.2. The van der Waals surface area contributed by atoms with Crippen LogP contribution in [0.15, 0.2) is 77.4 Å². The average molecular weight is 474 g/mol. The Labute approximate surface area is 192 Å². The van der Waals surface area contributed by atoms with Crippen molar-refractivity contribution in [2.24, 2.45) is 0 Å². The summed E-state index contributed by atoms with van der Waals surface area (Å²) in [5.41, 5.74) is -0.654. The van der Waals surface area contributed by atoms with Gasteiger partial charge in [0.15, 0.2) is 5.76 Å². The van der Waals surface area contributed by atoms with Crippen LogP contribution >= 0.6 is 0 Å². The number of amides is 2.